The van der Waals surface area contributed by atoms with Crippen molar-refractivity contribution in [3.8, 4) is 11.3 Å². The van der Waals surface area contributed by atoms with Crippen molar-refractivity contribution in [3.05, 3.63) is 29.3 Å². The number of benzene rings is 1. The van der Waals surface area contributed by atoms with Crippen LogP contribution < -0.4 is 0 Å². The molecule has 3 rings (SSSR count). The second kappa shape index (κ2) is 6.22. The Morgan fingerprint density at radius 1 is 1.29 bits per heavy atom. The number of nitrogens with zero attached hydrogens (tertiary/aromatic N) is 3. The Morgan fingerprint density at radius 2 is 2.05 bits per heavy atom. The Morgan fingerprint density at radius 3 is 2.71 bits per heavy atom. The van der Waals surface area contributed by atoms with E-state index in [1.807, 2.05) is 0 Å². The summed E-state index contributed by atoms with van der Waals surface area (Å²) < 4.78 is 29.4. The van der Waals surface area contributed by atoms with Crippen LogP contribution in [0.4, 0.5) is 0 Å². The van der Waals surface area contributed by atoms with E-state index in [9.17, 15) is 8.42 Å². The van der Waals surface area contributed by atoms with Gasteiger partial charge in [-0.3, -0.25) is 0 Å². The number of halogens is 1. The van der Waals surface area contributed by atoms with Crippen molar-refractivity contribution in [2.75, 3.05) is 18.1 Å². The summed E-state index contributed by atoms with van der Waals surface area (Å²) in [5.74, 6) is 0.810. The Bertz CT molecular complexity index is 787. The number of thioether (sulfide) groups is 1. The van der Waals surface area contributed by atoms with Crippen LogP contribution in [0.25, 0.3) is 11.3 Å². The van der Waals surface area contributed by atoms with Crippen LogP contribution in [0.15, 0.2) is 33.0 Å². The molecule has 0 amide bonds. The minimum absolute atomic E-state index is 0.0448. The number of hydrogen-bond acceptors (Lipinski definition) is 6. The molecule has 0 spiro atoms. The van der Waals surface area contributed by atoms with Gasteiger partial charge >= 0.3 is 138 Å². The van der Waals surface area contributed by atoms with Crippen LogP contribution in [0.3, 0.4) is 0 Å². The van der Waals surface area contributed by atoms with E-state index in [1.165, 1.54) is 11.8 Å². The standard InChI is InChI=1S/C12H10ClN3O2S2Se/c13-9-3-1-8(2-4-9)11-12(21-16-15-11)20(17,18)7-10-14-5-6-19-10/h1-4H,5-7H2. The zero-order valence-corrected chi connectivity index (χ0v) is 14.8. The van der Waals surface area contributed by atoms with Gasteiger partial charge in [-0.2, -0.15) is 0 Å². The predicted molar refractivity (Wildman–Crippen MR) is 86.2 cm³/mol. The zero-order valence-electron chi connectivity index (χ0n) is 10.7. The molecule has 0 saturated carbocycles. The van der Waals surface area contributed by atoms with Gasteiger partial charge in [-0.05, 0) is 0 Å². The van der Waals surface area contributed by atoms with Gasteiger partial charge in [-0.1, -0.05) is 0 Å². The first-order valence-corrected chi connectivity index (χ1v) is 10.7. The molecular weight excluding hydrogens is 397 g/mol. The Hall–Kier alpha value is -0.661. The topological polar surface area (TPSA) is 72.3 Å². The maximum absolute atomic E-state index is 12.6. The van der Waals surface area contributed by atoms with Crippen LogP contribution in [0.2, 0.25) is 5.02 Å². The van der Waals surface area contributed by atoms with Gasteiger partial charge in [0.05, 0.1) is 0 Å². The molecule has 110 valence electrons. The first-order chi connectivity index (χ1) is 10.1. The fourth-order valence-corrected chi connectivity index (χ4v) is 6.69. The molecule has 21 heavy (non-hydrogen) atoms. The van der Waals surface area contributed by atoms with Crippen molar-refractivity contribution in [2.24, 2.45) is 4.99 Å². The average molecular weight is 407 g/mol. The normalized spacial score (nSPS) is 15.2. The molecular formula is C12H10ClN3O2S2Se. The number of rotatable bonds is 4. The van der Waals surface area contributed by atoms with E-state index in [1.54, 1.807) is 24.3 Å². The molecule has 0 aliphatic carbocycles. The van der Waals surface area contributed by atoms with Gasteiger partial charge < -0.3 is 0 Å². The van der Waals surface area contributed by atoms with Crippen molar-refractivity contribution in [1.29, 1.82) is 0 Å². The summed E-state index contributed by atoms with van der Waals surface area (Å²) in [4.78, 5) is 4.21. The molecule has 2 aromatic rings. The molecule has 0 radical (unpaired) electrons. The first-order valence-electron chi connectivity index (χ1n) is 6.03. The third-order valence-electron chi connectivity index (χ3n) is 2.82. The number of hydrogen-bond donors (Lipinski definition) is 0. The first kappa shape index (κ1) is 15.2. The van der Waals surface area contributed by atoms with Gasteiger partial charge in [0, 0.05) is 0 Å². The minimum atomic E-state index is -3.42. The molecule has 1 aromatic carbocycles. The van der Waals surface area contributed by atoms with Gasteiger partial charge in [-0.25, -0.2) is 0 Å². The second-order valence-corrected chi connectivity index (χ2v) is 10.00. The second-order valence-electron chi connectivity index (χ2n) is 4.30. The molecule has 2 heterocycles. The van der Waals surface area contributed by atoms with Gasteiger partial charge in [0.25, 0.3) is 0 Å². The molecule has 0 saturated heterocycles. The molecule has 5 nitrogen and oxygen atoms in total. The van der Waals surface area contributed by atoms with E-state index in [-0.39, 0.29) is 5.75 Å². The van der Waals surface area contributed by atoms with Crippen molar-refractivity contribution in [1.82, 2.24) is 9.19 Å². The summed E-state index contributed by atoms with van der Waals surface area (Å²) in [6, 6.07) is 6.95. The van der Waals surface area contributed by atoms with Crippen molar-refractivity contribution < 1.29 is 8.42 Å². The Balaban J connectivity index is 1.96. The average Bonchev–Trinajstić information content (AvgIpc) is 3.10. The molecule has 0 fully saturated rings. The van der Waals surface area contributed by atoms with Crippen LogP contribution in [0.5, 0.6) is 0 Å². The Kier molecular flexibility index (Phi) is 4.51. The summed E-state index contributed by atoms with van der Waals surface area (Å²) in [7, 11) is -3.42. The van der Waals surface area contributed by atoms with Crippen molar-refractivity contribution in [2.45, 2.75) is 3.77 Å². The summed E-state index contributed by atoms with van der Waals surface area (Å²) in [6.45, 7) is 0.693. The van der Waals surface area contributed by atoms with Crippen LogP contribution >= 0.6 is 23.4 Å². The van der Waals surface area contributed by atoms with Gasteiger partial charge in [0.15, 0.2) is 0 Å². The van der Waals surface area contributed by atoms with E-state index in [0.29, 0.717) is 26.1 Å². The molecule has 9 heteroatoms. The van der Waals surface area contributed by atoms with Crippen LogP contribution in [0.1, 0.15) is 0 Å². The summed E-state index contributed by atoms with van der Waals surface area (Å²) in [5.41, 5.74) is 1.16. The third kappa shape index (κ3) is 3.40. The Labute approximate surface area is 137 Å². The van der Waals surface area contributed by atoms with Gasteiger partial charge in [0.1, 0.15) is 0 Å². The molecule has 1 aromatic heterocycles. The predicted octanol–water partition coefficient (Wildman–Crippen LogP) is 1.77. The maximum atomic E-state index is 12.6. The van der Waals surface area contributed by atoms with Gasteiger partial charge in [0.2, 0.25) is 0 Å². The van der Waals surface area contributed by atoms with Crippen LogP contribution in [0, 0.1) is 0 Å². The summed E-state index contributed by atoms with van der Waals surface area (Å²) >= 11 is 6.86. The van der Waals surface area contributed by atoms with E-state index in [0.717, 1.165) is 11.3 Å². The van der Waals surface area contributed by atoms with Crippen molar-refractivity contribution >= 4 is 53.0 Å². The zero-order chi connectivity index (χ0) is 14.9. The number of sulfone groups is 1. The monoisotopic (exact) mass is 407 g/mol. The summed E-state index contributed by atoms with van der Waals surface area (Å²) in [6.07, 6.45) is 0. The van der Waals surface area contributed by atoms with Crippen LogP contribution in [-0.2, 0) is 9.84 Å². The number of aliphatic imine (C=N–C) groups is 1. The number of aromatic nitrogens is 2. The molecule has 0 bridgehead atoms. The fraction of sp³-hybridized carbons (Fsp3) is 0.250. The van der Waals surface area contributed by atoms with Crippen molar-refractivity contribution in [3.63, 3.8) is 0 Å². The molecule has 0 N–H and O–H groups in total. The quantitative estimate of drug-likeness (QED) is 0.724. The molecule has 0 unspecified atom stereocenters. The molecule has 1 aliphatic heterocycles. The van der Waals surface area contributed by atoms with E-state index in [2.05, 4.69) is 14.2 Å². The SMILES string of the molecule is O=S(=O)(CC1=NCCS1)c1[se]nnc1-c1ccc(Cl)cc1. The third-order valence-corrected chi connectivity index (χ3v) is 8.74. The fourth-order valence-electron chi connectivity index (χ4n) is 1.86. The summed E-state index contributed by atoms with van der Waals surface area (Å²) in [5, 5.41) is 5.30. The molecule has 0 atom stereocenters. The van der Waals surface area contributed by atoms with E-state index < -0.39 is 24.6 Å². The molecule has 1 aliphatic rings. The van der Waals surface area contributed by atoms with Gasteiger partial charge in [-0.15, -0.1) is 0 Å². The van der Waals surface area contributed by atoms with Crippen LogP contribution in [-0.4, -0.2) is 55.4 Å². The van der Waals surface area contributed by atoms with E-state index in [4.69, 9.17) is 11.6 Å². The van der Waals surface area contributed by atoms with E-state index >= 15 is 0 Å².